The molecule has 4 nitrogen and oxygen atoms in total. The zero-order valence-corrected chi connectivity index (χ0v) is 14.7. The zero-order valence-electron chi connectivity index (χ0n) is 13.9. The predicted molar refractivity (Wildman–Crippen MR) is 91.3 cm³/mol. The molecule has 0 unspecified atom stereocenters. The van der Waals surface area contributed by atoms with Crippen molar-refractivity contribution in [2.45, 2.75) is 40.8 Å². The van der Waals surface area contributed by atoms with Crippen LogP contribution in [0.15, 0.2) is 18.2 Å². The Labute approximate surface area is 138 Å². The van der Waals surface area contributed by atoms with Crippen molar-refractivity contribution in [3.63, 3.8) is 0 Å². The second-order valence-corrected chi connectivity index (χ2v) is 6.99. The zero-order chi connectivity index (χ0) is 16.7. The second kappa shape index (κ2) is 9.01. The van der Waals surface area contributed by atoms with Gasteiger partial charge in [0.15, 0.2) is 0 Å². The molecule has 1 aromatic carbocycles. The lowest BCUT2D eigenvalue weighted by Gasteiger charge is -2.22. The molecule has 1 rings (SSSR count). The van der Waals surface area contributed by atoms with E-state index < -0.39 is 6.09 Å². The first-order valence-corrected chi connectivity index (χ1v) is 8.12. The lowest BCUT2D eigenvalue weighted by atomic mass is 10.1. The number of rotatable bonds is 8. The van der Waals surface area contributed by atoms with Crippen molar-refractivity contribution in [1.29, 1.82) is 0 Å². The number of benzene rings is 1. The SMILES string of the molecule is CC(C)CNCc1cc(Cl)cc(CN(CC(C)C)C(=O)O)c1. The fourth-order valence-corrected chi connectivity index (χ4v) is 2.57. The summed E-state index contributed by atoms with van der Waals surface area (Å²) in [5.74, 6) is 0.884. The van der Waals surface area contributed by atoms with Gasteiger partial charge >= 0.3 is 6.09 Å². The van der Waals surface area contributed by atoms with Gasteiger partial charge < -0.3 is 15.3 Å². The Kier molecular flexibility index (Phi) is 7.69. The van der Waals surface area contributed by atoms with Gasteiger partial charge in [-0.05, 0) is 41.6 Å². The summed E-state index contributed by atoms with van der Waals surface area (Å²) in [5, 5.41) is 13.3. The van der Waals surface area contributed by atoms with Gasteiger partial charge in [0.1, 0.15) is 0 Å². The van der Waals surface area contributed by atoms with Crippen molar-refractivity contribution >= 4 is 17.7 Å². The summed E-state index contributed by atoms with van der Waals surface area (Å²) < 4.78 is 0. The summed E-state index contributed by atoms with van der Waals surface area (Å²) >= 11 is 6.17. The fraction of sp³-hybridized carbons (Fsp3) is 0.588. The highest BCUT2D eigenvalue weighted by Gasteiger charge is 2.14. The Hall–Kier alpha value is -1.26. The topological polar surface area (TPSA) is 52.6 Å². The molecule has 0 saturated carbocycles. The van der Waals surface area contributed by atoms with Gasteiger partial charge in [0.05, 0.1) is 0 Å². The van der Waals surface area contributed by atoms with Gasteiger partial charge in [-0.25, -0.2) is 4.79 Å². The average Bonchev–Trinajstić information content (AvgIpc) is 2.36. The van der Waals surface area contributed by atoms with E-state index in [0.717, 1.165) is 24.2 Å². The summed E-state index contributed by atoms with van der Waals surface area (Å²) in [6.45, 7) is 10.9. The number of carboxylic acid groups (broad SMARTS) is 1. The van der Waals surface area contributed by atoms with E-state index in [4.69, 9.17) is 11.6 Å². The van der Waals surface area contributed by atoms with Gasteiger partial charge in [-0.2, -0.15) is 0 Å². The van der Waals surface area contributed by atoms with Gasteiger partial charge in [-0.1, -0.05) is 45.4 Å². The minimum absolute atomic E-state index is 0.294. The minimum atomic E-state index is -0.895. The number of halogens is 1. The van der Waals surface area contributed by atoms with Crippen LogP contribution < -0.4 is 5.32 Å². The Morgan fingerprint density at radius 2 is 1.82 bits per heavy atom. The van der Waals surface area contributed by atoms with Gasteiger partial charge in [0, 0.05) is 24.7 Å². The van der Waals surface area contributed by atoms with Crippen LogP contribution in [-0.2, 0) is 13.1 Å². The maximum atomic E-state index is 11.3. The number of hydrogen-bond acceptors (Lipinski definition) is 2. The third-order valence-corrected chi connectivity index (χ3v) is 3.35. The summed E-state index contributed by atoms with van der Waals surface area (Å²) in [5.41, 5.74) is 2.01. The number of nitrogens with one attached hydrogen (secondary N) is 1. The molecular weight excluding hydrogens is 300 g/mol. The van der Waals surface area contributed by atoms with Crippen LogP contribution in [0.5, 0.6) is 0 Å². The van der Waals surface area contributed by atoms with Gasteiger partial charge in [-0.15, -0.1) is 0 Å². The molecular formula is C17H27ClN2O2. The number of carbonyl (C=O) groups is 1. The molecule has 0 aliphatic heterocycles. The van der Waals surface area contributed by atoms with E-state index in [1.54, 1.807) is 0 Å². The minimum Gasteiger partial charge on any atom is -0.465 e. The highest BCUT2D eigenvalue weighted by atomic mass is 35.5. The van der Waals surface area contributed by atoms with Crippen LogP contribution in [0.3, 0.4) is 0 Å². The number of amides is 1. The molecule has 0 spiro atoms. The standard InChI is InChI=1S/C17H27ClN2O2/c1-12(2)8-19-9-14-5-15(7-16(18)6-14)11-20(17(21)22)10-13(3)4/h5-7,12-13,19H,8-11H2,1-4H3,(H,21,22). The van der Waals surface area contributed by atoms with E-state index in [-0.39, 0.29) is 0 Å². The molecule has 0 bridgehead atoms. The van der Waals surface area contributed by atoms with Gasteiger partial charge in [0.25, 0.3) is 0 Å². The maximum Gasteiger partial charge on any atom is 0.407 e. The third kappa shape index (κ3) is 7.14. The van der Waals surface area contributed by atoms with Crippen molar-refractivity contribution in [1.82, 2.24) is 10.2 Å². The Balaban J connectivity index is 2.76. The molecule has 0 aliphatic carbocycles. The summed E-state index contributed by atoms with van der Waals surface area (Å²) in [6.07, 6.45) is -0.895. The molecule has 0 atom stereocenters. The number of hydrogen-bond donors (Lipinski definition) is 2. The fourth-order valence-electron chi connectivity index (χ4n) is 2.29. The first-order valence-electron chi connectivity index (χ1n) is 7.74. The van der Waals surface area contributed by atoms with Crippen LogP contribution in [0.4, 0.5) is 4.79 Å². The quantitative estimate of drug-likeness (QED) is 0.752. The van der Waals surface area contributed by atoms with Gasteiger partial charge in [0.2, 0.25) is 0 Å². The van der Waals surface area contributed by atoms with E-state index >= 15 is 0 Å². The molecule has 1 aromatic rings. The molecule has 5 heteroatoms. The van der Waals surface area contributed by atoms with E-state index in [1.807, 2.05) is 32.0 Å². The molecule has 0 fully saturated rings. The Morgan fingerprint density at radius 3 is 2.36 bits per heavy atom. The van der Waals surface area contributed by atoms with Crippen LogP contribution in [0.25, 0.3) is 0 Å². The number of nitrogens with zero attached hydrogens (tertiary/aromatic N) is 1. The van der Waals surface area contributed by atoms with Crippen LogP contribution in [0.2, 0.25) is 5.02 Å². The smallest absolute Gasteiger partial charge is 0.407 e. The highest BCUT2D eigenvalue weighted by Crippen LogP contribution is 2.17. The molecule has 124 valence electrons. The highest BCUT2D eigenvalue weighted by molar-refractivity contribution is 6.30. The predicted octanol–water partition coefficient (Wildman–Crippen LogP) is 4.22. The molecule has 1 amide bonds. The molecule has 0 heterocycles. The van der Waals surface area contributed by atoms with Crippen molar-refractivity contribution < 1.29 is 9.90 Å². The largest absolute Gasteiger partial charge is 0.465 e. The van der Waals surface area contributed by atoms with E-state index in [1.165, 1.54) is 4.90 Å². The van der Waals surface area contributed by atoms with Crippen LogP contribution in [-0.4, -0.2) is 29.2 Å². The summed E-state index contributed by atoms with van der Waals surface area (Å²) in [4.78, 5) is 12.8. The van der Waals surface area contributed by atoms with Gasteiger partial charge in [-0.3, -0.25) is 0 Å². The molecule has 22 heavy (non-hydrogen) atoms. The van der Waals surface area contributed by atoms with Crippen LogP contribution >= 0.6 is 11.6 Å². The van der Waals surface area contributed by atoms with E-state index in [2.05, 4.69) is 19.2 Å². The molecule has 0 aromatic heterocycles. The lowest BCUT2D eigenvalue weighted by molar-refractivity contribution is 0.136. The Morgan fingerprint density at radius 1 is 1.18 bits per heavy atom. The van der Waals surface area contributed by atoms with Crippen LogP contribution in [0.1, 0.15) is 38.8 Å². The first kappa shape index (κ1) is 18.8. The second-order valence-electron chi connectivity index (χ2n) is 6.55. The van der Waals surface area contributed by atoms with E-state index in [9.17, 15) is 9.90 Å². The summed E-state index contributed by atoms with van der Waals surface area (Å²) in [7, 11) is 0. The maximum absolute atomic E-state index is 11.3. The normalized spacial score (nSPS) is 11.2. The molecule has 0 aliphatic rings. The first-order chi connectivity index (χ1) is 10.3. The lowest BCUT2D eigenvalue weighted by Crippen LogP contribution is -2.32. The Bertz CT molecular complexity index is 490. The third-order valence-electron chi connectivity index (χ3n) is 3.13. The average molecular weight is 327 g/mol. The molecule has 0 radical (unpaired) electrons. The molecule has 2 N–H and O–H groups in total. The van der Waals surface area contributed by atoms with Crippen molar-refractivity contribution in [2.75, 3.05) is 13.1 Å². The van der Waals surface area contributed by atoms with E-state index in [0.29, 0.717) is 29.9 Å². The van der Waals surface area contributed by atoms with Crippen molar-refractivity contribution in [2.24, 2.45) is 11.8 Å². The monoisotopic (exact) mass is 326 g/mol. The van der Waals surface area contributed by atoms with Crippen LogP contribution in [0, 0.1) is 11.8 Å². The molecule has 0 saturated heterocycles. The van der Waals surface area contributed by atoms with Crippen molar-refractivity contribution in [3.05, 3.63) is 34.3 Å². The summed E-state index contributed by atoms with van der Waals surface area (Å²) in [6, 6.07) is 5.78. The van der Waals surface area contributed by atoms with Crippen molar-refractivity contribution in [3.8, 4) is 0 Å².